The van der Waals surface area contributed by atoms with Crippen LogP contribution in [0.5, 0.6) is 5.75 Å². The molecule has 0 spiro atoms. The summed E-state index contributed by atoms with van der Waals surface area (Å²) < 4.78 is 6.08. The van der Waals surface area contributed by atoms with Crippen LogP contribution in [0.1, 0.15) is 23.6 Å². The van der Waals surface area contributed by atoms with E-state index in [4.69, 9.17) is 4.74 Å². The highest BCUT2D eigenvalue weighted by Crippen LogP contribution is 2.40. The first-order valence-corrected chi connectivity index (χ1v) is 10.5. The molecule has 0 aromatic heterocycles. The highest BCUT2D eigenvalue weighted by Gasteiger charge is 2.45. The number of aliphatic hydroxyl groups excluding tert-OH is 1. The Bertz CT molecular complexity index is 952. The van der Waals surface area contributed by atoms with Gasteiger partial charge in [0.25, 0.3) is 11.7 Å². The number of carbonyl (C=O) groups excluding carboxylic acids is 2. The third-order valence-corrected chi connectivity index (χ3v) is 5.62. The Morgan fingerprint density at radius 2 is 1.73 bits per heavy atom. The molecule has 1 fully saturated rings. The molecule has 1 atom stereocenters. The quantitative estimate of drug-likeness (QED) is 0.376. The zero-order chi connectivity index (χ0) is 21.8. The molecule has 1 aliphatic rings. The lowest BCUT2D eigenvalue weighted by atomic mass is 9.95. The molecule has 30 heavy (non-hydrogen) atoms. The van der Waals surface area contributed by atoms with Crippen molar-refractivity contribution in [2.24, 2.45) is 0 Å². The predicted octanol–water partition coefficient (Wildman–Crippen LogP) is 3.83. The van der Waals surface area contributed by atoms with Gasteiger partial charge in [-0.2, -0.15) is 0 Å². The van der Waals surface area contributed by atoms with E-state index in [2.05, 4.69) is 15.9 Å². The van der Waals surface area contributed by atoms with Crippen LogP contribution in [0.2, 0.25) is 0 Å². The van der Waals surface area contributed by atoms with Crippen molar-refractivity contribution >= 4 is 33.4 Å². The highest BCUT2D eigenvalue weighted by atomic mass is 79.9. The molecule has 1 amide bonds. The summed E-state index contributed by atoms with van der Waals surface area (Å²) in [7, 11) is 5.50. The summed E-state index contributed by atoms with van der Waals surface area (Å²) in [5, 5.41) is 11.0. The molecule has 0 radical (unpaired) electrons. The Morgan fingerprint density at radius 3 is 2.30 bits per heavy atom. The number of amides is 1. The zero-order valence-electron chi connectivity index (χ0n) is 17.3. The molecule has 1 N–H and O–H groups in total. The third kappa shape index (κ3) is 4.57. The summed E-state index contributed by atoms with van der Waals surface area (Å²) in [6, 6.07) is 13.6. The summed E-state index contributed by atoms with van der Waals surface area (Å²) in [5.41, 5.74) is 1.35. The summed E-state index contributed by atoms with van der Waals surface area (Å²) in [6.45, 7) is 1.20. The van der Waals surface area contributed by atoms with Gasteiger partial charge >= 0.3 is 0 Å². The maximum absolute atomic E-state index is 12.9. The number of ether oxygens (including phenoxy) is 1. The number of hydrogen-bond donors (Lipinski definition) is 1. The van der Waals surface area contributed by atoms with Gasteiger partial charge in [0, 0.05) is 16.6 Å². The molecule has 0 saturated carbocycles. The minimum Gasteiger partial charge on any atom is -0.507 e. The molecule has 2 aromatic carbocycles. The van der Waals surface area contributed by atoms with E-state index in [0.29, 0.717) is 24.3 Å². The first-order chi connectivity index (χ1) is 14.3. The molecule has 0 bridgehead atoms. The van der Waals surface area contributed by atoms with Gasteiger partial charge in [0.2, 0.25) is 0 Å². The lowest BCUT2D eigenvalue weighted by molar-refractivity contribution is -0.139. The van der Waals surface area contributed by atoms with Crippen molar-refractivity contribution in [2.75, 3.05) is 34.3 Å². The van der Waals surface area contributed by atoms with Crippen molar-refractivity contribution in [1.29, 1.82) is 0 Å². The SMILES string of the molecule is COc1ccc([C@H]2C(=C(O)c3ccc(Br)cc3)C(=O)C(=O)N2CCCN(C)C)cc1. The zero-order valence-corrected chi connectivity index (χ0v) is 18.8. The normalized spacial score (nSPS) is 18.3. The number of carbonyl (C=O) groups is 2. The molecule has 7 heteroatoms. The smallest absolute Gasteiger partial charge is 0.295 e. The number of likely N-dealkylation sites (tertiary alicyclic amines) is 1. The van der Waals surface area contributed by atoms with Crippen LogP contribution < -0.4 is 4.74 Å². The standard InChI is InChI=1S/C23H25BrN2O4/c1-25(2)13-4-14-26-20(15-7-11-18(30-3)12-8-15)19(22(28)23(26)29)21(27)16-5-9-17(24)10-6-16/h5-12,20,27H,4,13-14H2,1-3H3/t20-/m0/s1. The minimum absolute atomic E-state index is 0.109. The Balaban J connectivity index is 2.07. The lowest BCUT2D eigenvalue weighted by Crippen LogP contribution is -2.32. The number of ketones is 1. The van der Waals surface area contributed by atoms with E-state index in [-0.39, 0.29) is 11.3 Å². The molecule has 158 valence electrons. The van der Waals surface area contributed by atoms with Gasteiger partial charge in [0.15, 0.2) is 0 Å². The number of Topliss-reactive ketones (excluding diaryl/α,β-unsaturated/α-hetero) is 1. The molecular formula is C23H25BrN2O4. The van der Waals surface area contributed by atoms with E-state index in [1.165, 1.54) is 0 Å². The Morgan fingerprint density at radius 1 is 1.10 bits per heavy atom. The van der Waals surface area contributed by atoms with Crippen LogP contribution in [0.3, 0.4) is 0 Å². The predicted molar refractivity (Wildman–Crippen MR) is 119 cm³/mol. The van der Waals surface area contributed by atoms with Crippen LogP contribution in [-0.4, -0.2) is 60.9 Å². The summed E-state index contributed by atoms with van der Waals surface area (Å²) in [6.07, 6.45) is 0.713. The van der Waals surface area contributed by atoms with Crippen molar-refractivity contribution in [3.63, 3.8) is 0 Å². The molecule has 3 rings (SSSR count). The van der Waals surface area contributed by atoms with Crippen LogP contribution in [0.15, 0.2) is 58.6 Å². The molecule has 0 unspecified atom stereocenters. The van der Waals surface area contributed by atoms with Gasteiger partial charge < -0.3 is 19.6 Å². The Hall–Kier alpha value is -2.64. The fourth-order valence-electron chi connectivity index (χ4n) is 3.56. The number of hydrogen-bond acceptors (Lipinski definition) is 5. The largest absolute Gasteiger partial charge is 0.507 e. The van der Waals surface area contributed by atoms with Crippen LogP contribution in [0, 0.1) is 0 Å². The fraction of sp³-hybridized carbons (Fsp3) is 0.304. The first kappa shape index (κ1) is 22.1. The summed E-state index contributed by atoms with van der Waals surface area (Å²) >= 11 is 3.37. The average Bonchev–Trinajstić information content (AvgIpc) is 2.98. The van der Waals surface area contributed by atoms with E-state index in [0.717, 1.165) is 16.6 Å². The number of benzene rings is 2. The van der Waals surface area contributed by atoms with Crippen molar-refractivity contribution in [2.45, 2.75) is 12.5 Å². The average molecular weight is 473 g/mol. The van der Waals surface area contributed by atoms with Gasteiger partial charge in [-0.3, -0.25) is 9.59 Å². The summed E-state index contributed by atoms with van der Waals surface area (Å²) in [5.74, 6) is -0.748. The van der Waals surface area contributed by atoms with E-state index in [1.54, 1.807) is 48.4 Å². The topological polar surface area (TPSA) is 70.1 Å². The van der Waals surface area contributed by atoms with Gasteiger partial charge in [0.05, 0.1) is 18.7 Å². The van der Waals surface area contributed by atoms with Crippen LogP contribution in [0.25, 0.3) is 5.76 Å². The number of halogens is 1. The van der Waals surface area contributed by atoms with E-state index < -0.39 is 17.7 Å². The van der Waals surface area contributed by atoms with Crippen LogP contribution in [-0.2, 0) is 9.59 Å². The van der Waals surface area contributed by atoms with Gasteiger partial charge in [-0.25, -0.2) is 0 Å². The fourth-order valence-corrected chi connectivity index (χ4v) is 3.83. The second kappa shape index (κ2) is 9.45. The second-order valence-electron chi connectivity index (χ2n) is 7.43. The monoisotopic (exact) mass is 472 g/mol. The highest BCUT2D eigenvalue weighted by molar-refractivity contribution is 9.10. The minimum atomic E-state index is -0.666. The number of rotatable bonds is 7. The molecule has 6 nitrogen and oxygen atoms in total. The maximum Gasteiger partial charge on any atom is 0.295 e. The molecule has 1 saturated heterocycles. The Labute approximate surface area is 184 Å². The summed E-state index contributed by atoms with van der Waals surface area (Å²) in [4.78, 5) is 29.4. The molecular weight excluding hydrogens is 448 g/mol. The molecule has 1 heterocycles. The van der Waals surface area contributed by atoms with E-state index in [9.17, 15) is 14.7 Å². The van der Waals surface area contributed by atoms with E-state index in [1.807, 2.05) is 31.1 Å². The van der Waals surface area contributed by atoms with Crippen LogP contribution in [0.4, 0.5) is 0 Å². The van der Waals surface area contributed by atoms with Crippen molar-refractivity contribution in [3.05, 3.63) is 69.7 Å². The first-order valence-electron chi connectivity index (χ1n) is 9.66. The van der Waals surface area contributed by atoms with Crippen molar-refractivity contribution in [1.82, 2.24) is 9.80 Å². The van der Waals surface area contributed by atoms with Gasteiger partial charge in [-0.05, 0) is 56.9 Å². The molecule has 2 aromatic rings. The molecule has 1 aliphatic heterocycles. The second-order valence-corrected chi connectivity index (χ2v) is 8.35. The molecule has 0 aliphatic carbocycles. The maximum atomic E-state index is 12.9. The third-order valence-electron chi connectivity index (χ3n) is 5.09. The number of methoxy groups -OCH3 is 1. The van der Waals surface area contributed by atoms with Crippen molar-refractivity contribution < 1.29 is 19.4 Å². The number of nitrogens with zero attached hydrogens (tertiary/aromatic N) is 2. The van der Waals surface area contributed by atoms with Gasteiger partial charge in [-0.15, -0.1) is 0 Å². The van der Waals surface area contributed by atoms with Crippen LogP contribution >= 0.6 is 15.9 Å². The number of aliphatic hydroxyl groups is 1. The van der Waals surface area contributed by atoms with Gasteiger partial charge in [0.1, 0.15) is 11.5 Å². The Kier molecular flexibility index (Phi) is 6.95. The van der Waals surface area contributed by atoms with E-state index >= 15 is 0 Å². The van der Waals surface area contributed by atoms with Crippen molar-refractivity contribution in [3.8, 4) is 5.75 Å². The lowest BCUT2D eigenvalue weighted by Gasteiger charge is -2.26. The van der Waals surface area contributed by atoms with Gasteiger partial charge in [-0.1, -0.05) is 40.2 Å².